The molecule has 0 saturated heterocycles. The van der Waals surface area contributed by atoms with Gasteiger partial charge in [-0.3, -0.25) is 0 Å². The molecule has 2 aromatic rings. The lowest BCUT2D eigenvalue weighted by molar-refractivity contribution is -0.141. The molecule has 0 fully saturated rings. The number of nitrogens with zero attached hydrogens (tertiary/aromatic N) is 4. The predicted octanol–water partition coefficient (Wildman–Crippen LogP) is 1.99. The van der Waals surface area contributed by atoms with Crippen LogP contribution in [0.1, 0.15) is 5.69 Å². The van der Waals surface area contributed by atoms with Crippen molar-refractivity contribution >= 4 is 5.95 Å². The van der Waals surface area contributed by atoms with Gasteiger partial charge in [-0.05, 0) is 6.07 Å². The van der Waals surface area contributed by atoms with E-state index in [4.69, 9.17) is 0 Å². The molecule has 2 rings (SSSR count). The predicted molar refractivity (Wildman–Crippen MR) is 57.6 cm³/mol. The number of aromatic nitrogens is 4. The second-order valence-corrected chi connectivity index (χ2v) is 3.34. The van der Waals surface area contributed by atoms with Crippen LogP contribution in [-0.4, -0.2) is 27.0 Å². The highest BCUT2D eigenvalue weighted by molar-refractivity contribution is 5.58. The molecule has 5 nitrogen and oxygen atoms in total. The summed E-state index contributed by atoms with van der Waals surface area (Å²) in [6, 6.07) is 0.861. The standard InChI is InChI=1S/C10H8F3N5/c1-14-9-17-7(6-3-15-5-16-4-6)2-8(18-9)10(11,12)13/h2-5H,1H3,(H,14,17,18). The van der Waals surface area contributed by atoms with Crippen LogP contribution in [0.4, 0.5) is 19.1 Å². The van der Waals surface area contributed by atoms with Crippen LogP contribution < -0.4 is 5.32 Å². The Bertz CT molecular complexity index is 541. The van der Waals surface area contributed by atoms with Crippen molar-refractivity contribution in [2.24, 2.45) is 0 Å². The molecular weight excluding hydrogens is 247 g/mol. The number of halogens is 3. The summed E-state index contributed by atoms with van der Waals surface area (Å²) in [5.41, 5.74) is -0.509. The van der Waals surface area contributed by atoms with Crippen LogP contribution in [0.5, 0.6) is 0 Å². The Balaban J connectivity index is 2.55. The van der Waals surface area contributed by atoms with Crippen molar-refractivity contribution in [3.63, 3.8) is 0 Å². The van der Waals surface area contributed by atoms with Gasteiger partial charge in [0.15, 0.2) is 5.69 Å². The molecule has 0 amide bonds. The van der Waals surface area contributed by atoms with Crippen LogP contribution in [0.3, 0.4) is 0 Å². The quantitative estimate of drug-likeness (QED) is 0.889. The van der Waals surface area contributed by atoms with Gasteiger partial charge in [-0.15, -0.1) is 0 Å². The lowest BCUT2D eigenvalue weighted by Crippen LogP contribution is -2.11. The van der Waals surface area contributed by atoms with Crippen LogP contribution in [0.15, 0.2) is 24.8 Å². The first-order chi connectivity index (χ1) is 8.50. The van der Waals surface area contributed by atoms with Crippen LogP contribution in [0, 0.1) is 0 Å². The first kappa shape index (κ1) is 12.2. The maximum absolute atomic E-state index is 12.7. The summed E-state index contributed by atoms with van der Waals surface area (Å²) in [5.74, 6) is -0.108. The fraction of sp³-hybridized carbons (Fsp3) is 0.200. The minimum Gasteiger partial charge on any atom is -0.357 e. The Morgan fingerprint density at radius 3 is 2.33 bits per heavy atom. The molecule has 0 spiro atoms. The summed E-state index contributed by atoms with van der Waals surface area (Å²) >= 11 is 0. The van der Waals surface area contributed by atoms with E-state index in [0.717, 1.165) is 6.07 Å². The molecule has 18 heavy (non-hydrogen) atoms. The van der Waals surface area contributed by atoms with Gasteiger partial charge >= 0.3 is 6.18 Å². The van der Waals surface area contributed by atoms with Crippen molar-refractivity contribution in [1.82, 2.24) is 19.9 Å². The summed E-state index contributed by atoms with van der Waals surface area (Å²) < 4.78 is 38.0. The van der Waals surface area contributed by atoms with E-state index in [9.17, 15) is 13.2 Å². The third-order valence-electron chi connectivity index (χ3n) is 2.10. The number of hydrogen-bond acceptors (Lipinski definition) is 5. The minimum absolute atomic E-state index is 0.108. The van der Waals surface area contributed by atoms with Crippen molar-refractivity contribution in [3.05, 3.63) is 30.5 Å². The Hall–Kier alpha value is -2.25. The van der Waals surface area contributed by atoms with E-state index in [2.05, 4.69) is 25.3 Å². The maximum Gasteiger partial charge on any atom is 0.433 e. The Labute approximate surface area is 100 Å². The molecule has 94 valence electrons. The number of nitrogens with one attached hydrogen (secondary N) is 1. The summed E-state index contributed by atoms with van der Waals surface area (Å²) in [6.45, 7) is 0. The Morgan fingerprint density at radius 2 is 1.78 bits per heavy atom. The second kappa shape index (κ2) is 4.55. The number of alkyl halides is 3. The molecule has 1 N–H and O–H groups in total. The van der Waals surface area contributed by atoms with Gasteiger partial charge in [0.25, 0.3) is 0 Å². The van der Waals surface area contributed by atoms with Gasteiger partial charge in [-0.25, -0.2) is 19.9 Å². The van der Waals surface area contributed by atoms with Gasteiger partial charge in [-0.1, -0.05) is 0 Å². The Morgan fingerprint density at radius 1 is 1.11 bits per heavy atom. The normalized spacial score (nSPS) is 11.3. The fourth-order valence-corrected chi connectivity index (χ4v) is 1.28. The average molecular weight is 255 g/mol. The molecule has 0 radical (unpaired) electrons. The summed E-state index contributed by atoms with van der Waals surface area (Å²) in [5, 5.41) is 2.49. The smallest absolute Gasteiger partial charge is 0.357 e. The lowest BCUT2D eigenvalue weighted by Gasteiger charge is -2.09. The number of rotatable bonds is 2. The van der Waals surface area contributed by atoms with Gasteiger partial charge in [0.2, 0.25) is 5.95 Å². The van der Waals surface area contributed by atoms with E-state index in [1.807, 2.05) is 0 Å². The zero-order valence-corrected chi connectivity index (χ0v) is 9.23. The number of anilines is 1. The summed E-state index contributed by atoms with van der Waals surface area (Å²) in [7, 11) is 1.45. The molecule has 0 atom stereocenters. The molecule has 0 aliphatic heterocycles. The average Bonchev–Trinajstić information content (AvgIpc) is 2.38. The first-order valence-electron chi connectivity index (χ1n) is 4.90. The van der Waals surface area contributed by atoms with Crippen molar-refractivity contribution in [1.29, 1.82) is 0 Å². The van der Waals surface area contributed by atoms with E-state index in [-0.39, 0.29) is 11.6 Å². The highest BCUT2D eigenvalue weighted by Gasteiger charge is 2.33. The largest absolute Gasteiger partial charge is 0.433 e. The molecule has 2 heterocycles. The van der Waals surface area contributed by atoms with E-state index < -0.39 is 11.9 Å². The second-order valence-electron chi connectivity index (χ2n) is 3.34. The van der Waals surface area contributed by atoms with E-state index in [0.29, 0.717) is 5.56 Å². The van der Waals surface area contributed by atoms with Crippen LogP contribution in [0.2, 0.25) is 0 Å². The maximum atomic E-state index is 12.7. The molecular formula is C10H8F3N5. The van der Waals surface area contributed by atoms with E-state index in [1.54, 1.807) is 0 Å². The van der Waals surface area contributed by atoms with Gasteiger partial charge in [0.1, 0.15) is 6.33 Å². The first-order valence-corrected chi connectivity index (χ1v) is 4.90. The minimum atomic E-state index is -4.53. The SMILES string of the molecule is CNc1nc(-c2cncnc2)cc(C(F)(F)F)n1. The van der Waals surface area contributed by atoms with Crippen molar-refractivity contribution in [2.75, 3.05) is 12.4 Å². The zero-order chi connectivity index (χ0) is 13.2. The molecule has 2 aromatic heterocycles. The highest BCUT2D eigenvalue weighted by atomic mass is 19.4. The van der Waals surface area contributed by atoms with Gasteiger partial charge < -0.3 is 5.32 Å². The molecule has 0 unspecified atom stereocenters. The molecule has 0 aliphatic carbocycles. The molecule has 0 saturated carbocycles. The highest BCUT2D eigenvalue weighted by Crippen LogP contribution is 2.30. The topological polar surface area (TPSA) is 63.6 Å². The zero-order valence-electron chi connectivity index (χ0n) is 9.23. The lowest BCUT2D eigenvalue weighted by atomic mass is 10.2. The van der Waals surface area contributed by atoms with E-state index in [1.165, 1.54) is 25.8 Å². The van der Waals surface area contributed by atoms with E-state index >= 15 is 0 Å². The third-order valence-corrected chi connectivity index (χ3v) is 2.10. The van der Waals surface area contributed by atoms with Gasteiger partial charge in [0.05, 0.1) is 5.69 Å². The Kier molecular flexibility index (Phi) is 3.09. The van der Waals surface area contributed by atoms with Crippen molar-refractivity contribution in [2.45, 2.75) is 6.18 Å². The molecule has 8 heteroatoms. The summed E-state index contributed by atoms with van der Waals surface area (Å²) in [4.78, 5) is 14.8. The fourth-order valence-electron chi connectivity index (χ4n) is 1.28. The van der Waals surface area contributed by atoms with Crippen molar-refractivity contribution < 1.29 is 13.2 Å². The third kappa shape index (κ3) is 2.53. The monoisotopic (exact) mass is 255 g/mol. The molecule has 0 bridgehead atoms. The van der Waals surface area contributed by atoms with Crippen LogP contribution in [0.25, 0.3) is 11.3 Å². The summed E-state index contributed by atoms with van der Waals surface area (Å²) in [6.07, 6.45) is -0.475. The number of hydrogen-bond donors (Lipinski definition) is 1. The van der Waals surface area contributed by atoms with Crippen LogP contribution >= 0.6 is 0 Å². The van der Waals surface area contributed by atoms with Crippen molar-refractivity contribution in [3.8, 4) is 11.3 Å². The molecule has 0 aromatic carbocycles. The van der Waals surface area contributed by atoms with Gasteiger partial charge in [0, 0.05) is 25.0 Å². The molecule has 0 aliphatic rings. The van der Waals surface area contributed by atoms with Gasteiger partial charge in [-0.2, -0.15) is 13.2 Å². The van der Waals surface area contributed by atoms with Crippen LogP contribution in [-0.2, 0) is 6.18 Å².